The number of allylic oxidation sites excluding steroid dienone is 1. The van der Waals surface area contributed by atoms with E-state index >= 15 is 0 Å². The molecule has 0 aromatic carbocycles. The van der Waals surface area contributed by atoms with Crippen molar-refractivity contribution in [3.8, 4) is 0 Å². The van der Waals surface area contributed by atoms with Crippen molar-refractivity contribution in [3.63, 3.8) is 0 Å². The van der Waals surface area contributed by atoms with Crippen LogP contribution >= 0.6 is 0 Å². The normalized spacial score (nSPS) is 23.5. The maximum absolute atomic E-state index is 11.6. The third-order valence-corrected chi connectivity index (χ3v) is 3.65. The number of carboxylic acid groups (broad SMARTS) is 1. The molecule has 1 aliphatic carbocycles. The Morgan fingerprint density at radius 1 is 1.24 bits per heavy atom. The number of nitrogens with one attached hydrogen (secondary N) is 1. The summed E-state index contributed by atoms with van der Waals surface area (Å²) in [7, 11) is 0. The maximum atomic E-state index is 11.6. The number of carbonyl (C=O) groups is 2. The van der Waals surface area contributed by atoms with Crippen LogP contribution in [0.15, 0.2) is 11.6 Å². The molecule has 0 heterocycles. The summed E-state index contributed by atoms with van der Waals surface area (Å²) in [5.74, 6) is -0.0464. The fourth-order valence-electron chi connectivity index (χ4n) is 2.53. The molecule has 21 heavy (non-hydrogen) atoms. The summed E-state index contributed by atoms with van der Waals surface area (Å²) < 4.78 is 5.20. The fraction of sp³-hybridized carbons (Fsp3) is 0.750. The predicted octanol–water partition coefficient (Wildman–Crippen LogP) is 3.35. The number of amides is 1. The van der Waals surface area contributed by atoms with Crippen LogP contribution in [0, 0.1) is 11.8 Å². The van der Waals surface area contributed by atoms with Crippen molar-refractivity contribution in [2.24, 2.45) is 11.8 Å². The average Bonchev–Trinajstić information content (AvgIpc) is 2.35. The van der Waals surface area contributed by atoms with Gasteiger partial charge in [-0.25, -0.2) is 9.59 Å². The summed E-state index contributed by atoms with van der Waals surface area (Å²) in [6, 6.07) is 0. The smallest absolute Gasteiger partial charge is 0.407 e. The van der Waals surface area contributed by atoms with Crippen molar-refractivity contribution in [1.29, 1.82) is 0 Å². The summed E-state index contributed by atoms with van der Waals surface area (Å²) in [6.07, 6.45) is 5.45. The van der Waals surface area contributed by atoms with Crippen molar-refractivity contribution in [1.82, 2.24) is 5.32 Å². The van der Waals surface area contributed by atoms with Crippen LogP contribution in [0.5, 0.6) is 0 Å². The largest absolute Gasteiger partial charge is 0.478 e. The van der Waals surface area contributed by atoms with Gasteiger partial charge in [-0.05, 0) is 65.2 Å². The van der Waals surface area contributed by atoms with Gasteiger partial charge in [-0.3, -0.25) is 0 Å². The van der Waals surface area contributed by atoms with Crippen molar-refractivity contribution in [2.75, 3.05) is 6.54 Å². The lowest BCUT2D eigenvalue weighted by molar-refractivity contribution is -0.132. The van der Waals surface area contributed by atoms with E-state index in [4.69, 9.17) is 9.84 Å². The van der Waals surface area contributed by atoms with Gasteiger partial charge in [-0.2, -0.15) is 0 Å². The second kappa shape index (κ2) is 7.48. The van der Waals surface area contributed by atoms with Crippen LogP contribution in [0.1, 0.15) is 53.4 Å². The lowest BCUT2D eigenvalue weighted by Crippen LogP contribution is -2.36. The first-order valence-corrected chi connectivity index (χ1v) is 7.56. The predicted molar refractivity (Wildman–Crippen MR) is 81.1 cm³/mol. The van der Waals surface area contributed by atoms with Crippen LogP contribution < -0.4 is 5.32 Å². The number of aliphatic carboxylic acids is 1. The van der Waals surface area contributed by atoms with Gasteiger partial charge in [-0.1, -0.05) is 6.08 Å². The molecule has 120 valence electrons. The second-order valence-corrected chi connectivity index (χ2v) is 6.82. The van der Waals surface area contributed by atoms with E-state index in [2.05, 4.69) is 5.32 Å². The van der Waals surface area contributed by atoms with Gasteiger partial charge in [0.25, 0.3) is 0 Å². The second-order valence-electron chi connectivity index (χ2n) is 6.82. The SMILES string of the molecule is C/C(=C/[C@H]1CC[C@H](CNC(=O)OC(C)(C)C)CC1)C(=O)O. The molecule has 0 saturated heterocycles. The third kappa shape index (κ3) is 7.16. The van der Waals surface area contributed by atoms with Crippen LogP contribution in [0.3, 0.4) is 0 Å². The van der Waals surface area contributed by atoms with Crippen molar-refractivity contribution in [2.45, 2.75) is 59.0 Å². The van der Waals surface area contributed by atoms with Crippen molar-refractivity contribution < 1.29 is 19.4 Å². The van der Waals surface area contributed by atoms with Crippen LogP contribution in [0.2, 0.25) is 0 Å². The first-order valence-electron chi connectivity index (χ1n) is 7.56. The zero-order valence-electron chi connectivity index (χ0n) is 13.4. The monoisotopic (exact) mass is 297 g/mol. The quantitative estimate of drug-likeness (QED) is 0.780. The maximum Gasteiger partial charge on any atom is 0.407 e. The number of alkyl carbamates (subject to hydrolysis) is 1. The third-order valence-electron chi connectivity index (χ3n) is 3.65. The highest BCUT2D eigenvalue weighted by atomic mass is 16.6. The van der Waals surface area contributed by atoms with E-state index in [1.807, 2.05) is 26.8 Å². The average molecular weight is 297 g/mol. The van der Waals surface area contributed by atoms with E-state index in [1.54, 1.807) is 6.92 Å². The molecule has 1 amide bonds. The molecule has 5 heteroatoms. The molecule has 0 aromatic heterocycles. The van der Waals surface area contributed by atoms with E-state index in [0.29, 0.717) is 24.0 Å². The van der Waals surface area contributed by atoms with Gasteiger partial charge in [0.15, 0.2) is 0 Å². The first-order chi connectivity index (χ1) is 9.67. The molecule has 1 fully saturated rings. The Morgan fingerprint density at radius 3 is 2.29 bits per heavy atom. The van der Waals surface area contributed by atoms with E-state index < -0.39 is 11.6 Å². The molecule has 1 saturated carbocycles. The standard InChI is InChI=1S/C16H27NO4/c1-11(14(18)19)9-12-5-7-13(8-6-12)10-17-15(20)21-16(2,3)4/h9,12-13H,5-8,10H2,1-4H3,(H,17,20)(H,18,19)/b11-9-/t12-,13-. The van der Waals surface area contributed by atoms with Crippen LogP contribution in [0.25, 0.3) is 0 Å². The molecule has 5 nitrogen and oxygen atoms in total. The summed E-state index contributed by atoms with van der Waals surface area (Å²) in [5, 5.41) is 11.7. The zero-order chi connectivity index (χ0) is 16.0. The highest BCUT2D eigenvalue weighted by Crippen LogP contribution is 2.30. The Kier molecular flexibility index (Phi) is 6.24. The Morgan fingerprint density at radius 2 is 1.81 bits per heavy atom. The zero-order valence-corrected chi connectivity index (χ0v) is 13.4. The molecule has 1 aliphatic rings. The minimum absolute atomic E-state index is 0.346. The van der Waals surface area contributed by atoms with Crippen LogP contribution in [0.4, 0.5) is 4.79 Å². The van der Waals surface area contributed by atoms with E-state index in [9.17, 15) is 9.59 Å². The van der Waals surface area contributed by atoms with E-state index in [1.165, 1.54) is 0 Å². The lowest BCUT2D eigenvalue weighted by atomic mass is 9.81. The minimum atomic E-state index is -0.844. The summed E-state index contributed by atoms with van der Waals surface area (Å²) in [6.45, 7) is 7.79. The molecule has 0 bridgehead atoms. The molecule has 2 N–H and O–H groups in total. The van der Waals surface area contributed by atoms with Crippen LogP contribution in [-0.4, -0.2) is 29.3 Å². The lowest BCUT2D eigenvalue weighted by Gasteiger charge is -2.27. The number of rotatable bonds is 4. The van der Waals surface area contributed by atoms with Gasteiger partial charge >= 0.3 is 12.1 Å². The van der Waals surface area contributed by atoms with E-state index in [-0.39, 0.29) is 6.09 Å². The van der Waals surface area contributed by atoms with Gasteiger partial charge in [0.05, 0.1) is 0 Å². The molecular formula is C16H27NO4. The molecule has 0 atom stereocenters. The molecule has 0 aliphatic heterocycles. The molecule has 0 aromatic rings. The van der Waals surface area contributed by atoms with Gasteiger partial charge in [-0.15, -0.1) is 0 Å². The molecular weight excluding hydrogens is 270 g/mol. The number of carboxylic acids is 1. The van der Waals surface area contributed by atoms with Gasteiger partial charge in [0, 0.05) is 12.1 Å². The fourth-order valence-corrected chi connectivity index (χ4v) is 2.53. The summed E-state index contributed by atoms with van der Waals surface area (Å²) >= 11 is 0. The number of hydrogen-bond acceptors (Lipinski definition) is 3. The number of carbonyl (C=O) groups excluding carboxylic acids is 1. The van der Waals surface area contributed by atoms with Gasteiger partial charge in [0.1, 0.15) is 5.60 Å². The Balaban J connectivity index is 2.29. The molecule has 0 radical (unpaired) electrons. The molecule has 0 unspecified atom stereocenters. The number of ether oxygens (including phenoxy) is 1. The Hall–Kier alpha value is -1.52. The Bertz CT molecular complexity index is 401. The first kappa shape index (κ1) is 17.5. The summed E-state index contributed by atoms with van der Waals surface area (Å²) in [5.41, 5.74) is -0.0497. The van der Waals surface area contributed by atoms with Gasteiger partial charge in [0.2, 0.25) is 0 Å². The minimum Gasteiger partial charge on any atom is -0.478 e. The summed E-state index contributed by atoms with van der Waals surface area (Å²) in [4.78, 5) is 22.4. The topological polar surface area (TPSA) is 75.6 Å². The van der Waals surface area contributed by atoms with E-state index in [0.717, 1.165) is 25.7 Å². The van der Waals surface area contributed by atoms with Crippen molar-refractivity contribution >= 4 is 12.1 Å². The van der Waals surface area contributed by atoms with Crippen LogP contribution in [-0.2, 0) is 9.53 Å². The van der Waals surface area contributed by atoms with Crippen molar-refractivity contribution in [3.05, 3.63) is 11.6 Å². The molecule has 1 rings (SSSR count). The highest BCUT2D eigenvalue weighted by molar-refractivity contribution is 5.85. The number of hydrogen-bond donors (Lipinski definition) is 2. The molecule has 0 spiro atoms. The Labute approximate surface area is 126 Å². The van der Waals surface area contributed by atoms with Gasteiger partial charge < -0.3 is 15.2 Å². The highest BCUT2D eigenvalue weighted by Gasteiger charge is 2.22.